The summed E-state index contributed by atoms with van der Waals surface area (Å²) in [4.78, 5) is 0. The Hall–Kier alpha value is -2.34. The third-order valence-electron chi connectivity index (χ3n) is 4.19. The molecule has 26 heavy (non-hydrogen) atoms. The summed E-state index contributed by atoms with van der Waals surface area (Å²) in [5.74, 6) is 1.55. The van der Waals surface area contributed by atoms with Gasteiger partial charge in [-0.3, -0.25) is 0 Å². The third kappa shape index (κ3) is 4.07. The number of nitrogens with zero attached hydrogens (tertiary/aromatic N) is 4. The zero-order chi connectivity index (χ0) is 18.7. The molecule has 0 amide bonds. The minimum absolute atomic E-state index is 0.164. The van der Waals surface area contributed by atoms with E-state index in [2.05, 4.69) is 60.6 Å². The lowest BCUT2D eigenvalue weighted by atomic mass is 9.87. The summed E-state index contributed by atoms with van der Waals surface area (Å²) in [5, 5.41) is 12.9. The van der Waals surface area contributed by atoms with Crippen molar-refractivity contribution in [1.29, 1.82) is 0 Å². The van der Waals surface area contributed by atoms with E-state index in [1.54, 1.807) is 23.6 Å². The quantitative estimate of drug-likeness (QED) is 0.618. The molecular formula is C20H24N4OS. The van der Waals surface area contributed by atoms with Gasteiger partial charge in [-0.25, -0.2) is 0 Å². The molecule has 2 aromatic carbocycles. The largest absolute Gasteiger partial charge is 0.494 e. The number of benzene rings is 2. The standard InChI is InChI=1S/C20H24N4OS/c1-14-6-11-18(25-5)17(12-14)24-19(21-22-23-24)26-13-15-7-9-16(10-8-15)20(2,3)4/h6-12H,13H2,1-5H3. The maximum Gasteiger partial charge on any atom is 0.214 e. The molecule has 3 aromatic rings. The highest BCUT2D eigenvalue weighted by atomic mass is 32.2. The molecule has 5 nitrogen and oxygen atoms in total. The number of rotatable bonds is 5. The molecule has 0 radical (unpaired) electrons. The van der Waals surface area contributed by atoms with Crippen LogP contribution in [0.15, 0.2) is 47.6 Å². The van der Waals surface area contributed by atoms with Gasteiger partial charge in [-0.15, -0.1) is 5.10 Å². The van der Waals surface area contributed by atoms with Crippen LogP contribution in [-0.4, -0.2) is 27.3 Å². The van der Waals surface area contributed by atoms with Crippen molar-refractivity contribution in [2.45, 2.75) is 44.0 Å². The molecule has 0 fully saturated rings. The summed E-state index contributed by atoms with van der Waals surface area (Å²) in [7, 11) is 1.65. The zero-order valence-electron chi connectivity index (χ0n) is 15.9. The van der Waals surface area contributed by atoms with Gasteiger partial charge in [0.2, 0.25) is 5.16 Å². The molecule has 0 bridgehead atoms. The molecule has 0 spiro atoms. The molecular weight excluding hydrogens is 344 g/mol. The van der Waals surface area contributed by atoms with Crippen LogP contribution < -0.4 is 4.74 Å². The lowest BCUT2D eigenvalue weighted by molar-refractivity contribution is 0.410. The normalized spacial score (nSPS) is 11.6. The fourth-order valence-electron chi connectivity index (χ4n) is 2.63. The van der Waals surface area contributed by atoms with Gasteiger partial charge in [0.25, 0.3) is 0 Å². The van der Waals surface area contributed by atoms with E-state index in [9.17, 15) is 0 Å². The van der Waals surface area contributed by atoms with Crippen LogP contribution in [0.5, 0.6) is 5.75 Å². The Kier molecular flexibility index (Phi) is 5.32. The van der Waals surface area contributed by atoms with E-state index in [0.29, 0.717) is 0 Å². The third-order valence-corrected chi connectivity index (χ3v) is 5.18. The number of ether oxygens (including phenoxy) is 1. The maximum atomic E-state index is 5.46. The summed E-state index contributed by atoms with van der Waals surface area (Å²) < 4.78 is 7.20. The molecule has 0 N–H and O–H groups in total. The molecule has 0 aliphatic carbocycles. The van der Waals surface area contributed by atoms with Crippen LogP contribution in [-0.2, 0) is 11.2 Å². The Balaban J connectivity index is 1.79. The molecule has 1 aromatic heterocycles. The van der Waals surface area contributed by atoms with Gasteiger partial charge in [0.05, 0.1) is 7.11 Å². The number of aromatic nitrogens is 4. The first-order chi connectivity index (χ1) is 12.4. The minimum Gasteiger partial charge on any atom is -0.494 e. The predicted octanol–water partition coefficient (Wildman–Crippen LogP) is 4.57. The predicted molar refractivity (Wildman–Crippen MR) is 105 cm³/mol. The van der Waals surface area contributed by atoms with Crippen molar-refractivity contribution in [3.63, 3.8) is 0 Å². The first-order valence-corrected chi connectivity index (χ1v) is 9.52. The van der Waals surface area contributed by atoms with Crippen molar-refractivity contribution in [3.8, 4) is 11.4 Å². The van der Waals surface area contributed by atoms with Gasteiger partial charge in [-0.2, -0.15) is 4.68 Å². The molecule has 0 atom stereocenters. The van der Waals surface area contributed by atoms with Crippen molar-refractivity contribution in [2.75, 3.05) is 7.11 Å². The monoisotopic (exact) mass is 368 g/mol. The number of methoxy groups -OCH3 is 1. The number of hydrogen-bond acceptors (Lipinski definition) is 5. The zero-order valence-corrected chi connectivity index (χ0v) is 16.7. The van der Waals surface area contributed by atoms with Crippen molar-refractivity contribution in [2.24, 2.45) is 0 Å². The topological polar surface area (TPSA) is 52.8 Å². The van der Waals surface area contributed by atoms with Crippen LogP contribution in [0.1, 0.15) is 37.5 Å². The highest BCUT2D eigenvalue weighted by Crippen LogP contribution is 2.29. The summed E-state index contributed by atoms with van der Waals surface area (Å²) in [6, 6.07) is 14.7. The molecule has 0 saturated carbocycles. The molecule has 3 rings (SSSR count). The molecule has 0 saturated heterocycles. The van der Waals surface area contributed by atoms with Crippen molar-refractivity contribution in [1.82, 2.24) is 20.2 Å². The molecule has 1 heterocycles. The summed E-state index contributed by atoms with van der Waals surface area (Å²) >= 11 is 1.61. The smallest absolute Gasteiger partial charge is 0.214 e. The summed E-state index contributed by atoms with van der Waals surface area (Å²) in [5.41, 5.74) is 4.72. The number of thioether (sulfide) groups is 1. The van der Waals surface area contributed by atoms with E-state index in [4.69, 9.17) is 4.74 Å². The average Bonchev–Trinajstić information content (AvgIpc) is 3.08. The lowest BCUT2D eigenvalue weighted by Crippen LogP contribution is -2.10. The van der Waals surface area contributed by atoms with Crippen molar-refractivity contribution < 1.29 is 4.74 Å². The van der Waals surface area contributed by atoms with Crippen molar-refractivity contribution in [3.05, 3.63) is 59.2 Å². The number of tetrazole rings is 1. The summed E-state index contributed by atoms with van der Waals surface area (Å²) in [6.45, 7) is 8.71. The van der Waals surface area contributed by atoms with Crippen LogP contribution in [0.4, 0.5) is 0 Å². The molecule has 136 valence electrons. The highest BCUT2D eigenvalue weighted by Gasteiger charge is 2.15. The van der Waals surface area contributed by atoms with Crippen LogP contribution in [0.2, 0.25) is 0 Å². The average molecular weight is 369 g/mol. The van der Waals surface area contributed by atoms with E-state index in [-0.39, 0.29) is 5.41 Å². The van der Waals surface area contributed by atoms with Gasteiger partial charge in [-0.05, 0) is 51.6 Å². The molecule has 0 aliphatic rings. The van der Waals surface area contributed by atoms with E-state index in [1.807, 2.05) is 25.1 Å². The second kappa shape index (κ2) is 7.50. The van der Waals surface area contributed by atoms with E-state index >= 15 is 0 Å². The van der Waals surface area contributed by atoms with Gasteiger partial charge in [-0.1, -0.05) is 62.9 Å². The van der Waals surface area contributed by atoms with E-state index in [0.717, 1.165) is 27.9 Å². The van der Waals surface area contributed by atoms with E-state index < -0.39 is 0 Å². The Bertz CT molecular complexity index is 882. The maximum absolute atomic E-state index is 5.46. The van der Waals surface area contributed by atoms with Crippen LogP contribution in [0.25, 0.3) is 5.69 Å². The SMILES string of the molecule is COc1ccc(C)cc1-n1nnnc1SCc1ccc(C(C)(C)C)cc1. The molecule has 0 aliphatic heterocycles. The van der Waals surface area contributed by atoms with Gasteiger partial charge in [0, 0.05) is 5.75 Å². The first kappa shape index (κ1) is 18.5. The van der Waals surface area contributed by atoms with E-state index in [1.165, 1.54) is 11.1 Å². The first-order valence-electron chi connectivity index (χ1n) is 8.54. The Morgan fingerprint density at radius 1 is 1.08 bits per heavy atom. The van der Waals surface area contributed by atoms with Gasteiger partial charge < -0.3 is 4.74 Å². The Morgan fingerprint density at radius 2 is 1.81 bits per heavy atom. The molecule has 6 heteroatoms. The fourth-order valence-corrected chi connectivity index (χ4v) is 3.47. The van der Waals surface area contributed by atoms with Crippen LogP contribution >= 0.6 is 11.8 Å². The van der Waals surface area contributed by atoms with Gasteiger partial charge in [0.15, 0.2) is 0 Å². The second-order valence-corrected chi connectivity index (χ2v) is 8.23. The van der Waals surface area contributed by atoms with Crippen LogP contribution in [0.3, 0.4) is 0 Å². The molecule has 0 unspecified atom stereocenters. The minimum atomic E-state index is 0.164. The van der Waals surface area contributed by atoms with Crippen molar-refractivity contribution >= 4 is 11.8 Å². The number of hydrogen-bond donors (Lipinski definition) is 0. The Labute approximate surface area is 158 Å². The fraction of sp³-hybridized carbons (Fsp3) is 0.350. The highest BCUT2D eigenvalue weighted by molar-refractivity contribution is 7.98. The lowest BCUT2D eigenvalue weighted by Gasteiger charge is -2.19. The number of aryl methyl sites for hydroxylation is 1. The van der Waals surface area contributed by atoms with Gasteiger partial charge >= 0.3 is 0 Å². The second-order valence-electron chi connectivity index (χ2n) is 7.28. The van der Waals surface area contributed by atoms with Crippen LogP contribution in [0, 0.1) is 6.92 Å². The van der Waals surface area contributed by atoms with Gasteiger partial charge in [0.1, 0.15) is 11.4 Å². The Morgan fingerprint density at radius 3 is 2.46 bits per heavy atom. The summed E-state index contributed by atoms with van der Waals surface area (Å²) in [6.07, 6.45) is 0.